The third-order valence-corrected chi connectivity index (χ3v) is 9.62. The van der Waals surface area contributed by atoms with Gasteiger partial charge in [0.1, 0.15) is 0 Å². The second-order valence-corrected chi connectivity index (χ2v) is 13.2. The largest absolute Gasteiger partial charge is 0.317 e. The van der Waals surface area contributed by atoms with Crippen LogP contribution in [0.15, 0.2) is 71.1 Å². The Kier molecular flexibility index (Phi) is 9.74. The van der Waals surface area contributed by atoms with E-state index in [2.05, 4.69) is 149 Å². The number of anilines is 2. The first kappa shape index (κ1) is 32.4. The summed E-state index contributed by atoms with van der Waals surface area (Å²) in [6.45, 7) is 30.4. The van der Waals surface area contributed by atoms with Crippen LogP contribution in [0.2, 0.25) is 0 Å². The summed E-state index contributed by atoms with van der Waals surface area (Å²) in [4.78, 5) is 5.12. The Bertz CT molecular complexity index is 1200. The van der Waals surface area contributed by atoms with E-state index in [4.69, 9.17) is 0 Å². The van der Waals surface area contributed by atoms with Crippen LogP contribution in [0.1, 0.15) is 139 Å². The van der Waals surface area contributed by atoms with Gasteiger partial charge < -0.3 is 9.80 Å². The number of allylic oxidation sites excluding steroid dienone is 2. The summed E-state index contributed by atoms with van der Waals surface area (Å²) < 4.78 is 0. The fourth-order valence-electron chi connectivity index (χ4n) is 6.74. The molecule has 1 aliphatic carbocycles. The van der Waals surface area contributed by atoms with Crippen LogP contribution in [0.25, 0.3) is 0 Å². The summed E-state index contributed by atoms with van der Waals surface area (Å²) in [5, 5.41) is 0. The van der Waals surface area contributed by atoms with Gasteiger partial charge in [0.05, 0.1) is 5.41 Å². The average Bonchev–Trinajstić information content (AvgIpc) is 3.39. The number of para-hydroxylation sites is 2. The fourth-order valence-corrected chi connectivity index (χ4v) is 6.74. The zero-order valence-corrected chi connectivity index (χ0v) is 29.8. The van der Waals surface area contributed by atoms with Gasteiger partial charge in [-0.25, -0.2) is 0 Å². The molecule has 0 spiro atoms. The van der Waals surface area contributed by atoms with Crippen molar-refractivity contribution >= 4 is 31.2 Å². The number of hydrogen-bond donors (Lipinski definition) is 0. The molecular formula is C37H55GaN2. The van der Waals surface area contributed by atoms with Crippen molar-refractivity contribution in [2.45, 2.75) is 114 Å². The minimum Gasteiger partial charge on any atom is -0.317 e. The summed E-state index contributed by atoms with van der Waals surface area (Å²) in [5.74, 6) is 1.68. The van der Waals surface area contributed by atoms with Gasteiger partial charge in [-0.15, -0.1) is 0 Å². The van der Waals surface area contributed by atoms with E-state index in [0.29, 0.717) is 23.7 Å². The zero-order valence-electron chi connectivity index (χ0n) is 27.4. The van der Waals surface area contributed by atoms with Crippen molar-refractivity contribution in [1.82, 2.24) is 0 Å². The van der Waals surface area contributed by atoms with Gasteiger partial charge in [0.25, 0.3) is 0 Å². The molecule has 0 bridgehead atoms. The van der Waals surface area contributed by atoms with E-state index < -0.39 is 0 Å². The van der Waals surface area contributed by atoms with E-state index in [9.17, 15) is 0 Å². The molecule has 0 aromatic heterocycles. The van der Waals surface area contributed by atoms with Crippen LogP contribution in [-0.2, 0) is 0 Å². The zero-order chi connectivity index (χ0) is 29.0. The van der Waals surface area contributed by atoms with Crippen LogP contribution < -0.4 is 9.80 Å². The first-order valence-corrected chi connectivity index (χ1v) is 15.0. The summed E-state index contributed by atoms with van der Waals surface area (Å²) in [6.07, 6.45) is 6.02. The maximum absolute atomic E-state index is 2.56. The molecule has 4 rings (SSSR count). The topological polar surface area (TPSA) is 6.48 Å². The first-order chi connectivity index (χ1) is 18.2. The van der Waals surface area contributed by atoms with Crippen LogP contribution >= 0.6 is 0 Å². The Morgan fingerprint density at radius 2 is 0.825 bits per heavy atom. The van der Waals surface area contributed by atoms with E-state index in [0.717, 1.165) is 0 Å². The molecule has 2 aromatic carbocycles. The maximum atomic E-state index is 2.56. The van der Waals surface area contributed by atoms with Gasteiger partial charge in [-0.05, 0) is 91.7 Å². The van der Waals surface area contributed by atoms with Crippen LogP contribution in [0.3, 0.4) is 0 Å². The first-order valence-electron chi connectivity index (χ1n) is 15.0. The molecule has 0 atom stereocenters. The maximum Gasteiger partial charge on any atom is 0.179 e. The van der Waals surface area contributed by atoms with E-state index in [1.807, 2.05) is 0 Å². The van der Waals surface area contributed by atoms with E-state index in [1.54, 1.807) is 0 Å². The molecule has 3 heteroatoms. The van der Waals surface area contributed by atoms with Crippen molar-refractivity contribution in [3.63, 3.8) is 0 Å². The van der Waals surface area contributed by atoms with Crippen molar-refractivity contribution in [3.8, 4) is 0 Å². The van der Waals surface area contributed by atoms with Crippen LogP contribution in [0.5, 0.6) is 0 Å². The van der Waals surface area contributed by atoms with Gasteiger partial charge in [0.2, 0.25) is 0 Å². The second-order valence-electron chi connectivity index (χ2n) is 13.2. The average molecular weight is 598 g/mol. The SMILES string of the molecule is CC1=C(C)C(C)([C]2N(c3c(C(C)C)cccc3C(C)C)C=CN2c2c(C(C)C)cccc2C(C)C)C(C)=C1C.[Ga].[HH].[HH]. The normalized spacial score (nSPS) is 17.5. The molecule has 4 radical (unpaired) electrons. The van der Waals surface area contributed by atoms with Crippen molar-refractivity contribution in [1.29, 1.82) is 0 Å². The monoisotopic (exact) mass is 596 g/mol. The molecule has 0 N–H and O–H groups in total. The molecule has 1 heterocycles. The summed E-state index contributed by atoms with van der Waals surface area (Å²) in [5.41, 5.74) is 13.9. The van der Waals surface area contributed by atoms with Gasteiger partial charge in [0.15, 0.2) is 6.17 Å². The van der Waals surface area contributed by atoms with E-state index in [1.165, 1.54) is 62.1 Å². The van der Waals surface area contributed by atoms with Crippen LogP contribution in [-0.4, -0.2) is 19.8 Å². The summed E-state index contributed by atoms with van der Waals surface area (Å²) >= 11 is 0. The Balaban J connectivity index is 0.00000294. The smallest absolute Gasteiger partial charge is 0.179 e. The molecular weight excluding hydrogens is 542 g/mol. The van der Waals surface area contributed by atoms with Gasteiger partial charge in [0, 0.05) is 46.4 Å². The predicted molar refractivity (Wildman–Crippen MR) is 181 cm³/mol. The minimum atomic E-state index is -0.228. The third kappa shape index (κ3) is 5.07. The number of hydrogen-bond acceptors (Lipinski definition) is 2. The van der Waals surface area contributed by atoms with Gasteiger partial charge in [-0.2, -0.15) is 0 Å². The van der Waals surface area contributed by atoms with Crippen molar-refractivity contribution in [3.05, 3.63) is 99.5 Å². The molecule has 0 amide bonds. The molecule has 40 heavy (non-hydrogen) atoms. The van der Waals surface area contributed by atoms with Crippen molar-refractivity contribution in [2.75, 3.05) is 9.80 Å². The van der Waals surface area contributed by atoms with Gasteiger partial charge >= 0.3 is 0 Å². The number of benzene rings is 2. The third-order valence-electron chi connectivity index (χ3n) is 9.62. The quantitative estimate of drug-likeness (QED) is 0.293. The molecule has 1 aliphatic heterocycles. The number of rotatable bonds is 7. The van der Waals surface area contributed by atoms with Crippen LogP contribution in [0.4, 0.5) is 11.4 Å². The standard InChI is InChI=1S/C37H51N2.Ga.2H2/c1-22(2)30-16-14-17-31(23(3)4)34(30)38-20-21-39(35-32(24(5)6)18-15-19-33(35)25(7)8)36(38)37(13)28(11)26(9)27(10)29(37)12;;;/h14-25H,1-13H3;;2*1H. The molecule has 0 fully saturated rings. The molecule has 2 nitrogen and oxygen atoms in total. The van der Waals surface area contributed by atoms with Crippen LogP contribution in [0, 0.1) is 11.6 Å². The predicted octanol–water partition coefficient (Wildman–Crippen LogP) is 11.3. The minimum absolute atomic E-state index is 0. The molecule has 0 saturated carbocycles. The second kappa shape index (κ2) is 12.0. The Morgan fingerprint density at radius 1 is 0.550 bits per heavy atom. The Morgan fingerprint density at radius 3 is 1.07 bits per heavy atom. The molecule has 0 saturated heterocycles. The fraction of sp³-hybridized carbons (Fsp3) is 0.486. The summed E-state index contributed by atoms with van der Waals surface area (Å²) in [7, 11) is 0. The van der Waals surface area contributed by atoms with Gasteiger partial charge in [-0.3, -0.25) is 0 Å². The molecule has 0 unspecified atom stereocenters. The Hall–Kier alpha value is -2.10. The van der Waals surface area contributed by atoms with E-state index in [-0.39, 0.29) is 28.1 Å². The van der Waals surface area contributed by atoms with E-state index >= 15 is 0 Å². The van der Waals surface area contributed by atoms with Gasteiger partial charge in [-0.1, -0.05) is 103 Å². The molecule has 2 aliphatic rings. The molecule has 2 aromatic rings. The van der Waals surface area contributed by atoms with Crippen molar-refractivity contribution in [2.24, 2.45) is 5.41 Å². The Labute approximate surface area is 261 Å². The number of nitrogens with zero attached hydrogens (tertiary/aromatic N) is 2. The summed E-state index contributed by atoms with van der Waals surface area (Å²) in [6, 6.07) is 13.8. The van der Waals surface area contributed by atoms with Crippen molar-refractivity contribution < 1.29 is 2.85 Å². The molecule has 216 valence electrons.